The van der Waals surface area contributed by atoms with Gasteiger partial charge >= 0.3 is 19.8 Å². The summed E-state index contributed by atoms with van der Waals surface area (Å²) >= 11 is 0. The van der Waals surface area contributed by atoms with E-state index in [4.69, 9.17) is 29.0 Å². The summed E-state index contributed by atoms with van der Waals surface area (Å²) in [6.45, 7) is 3.58. The lowest BCUT2D eigenvalue weighted by molar-refractivity contribution is -0.161. The van der Waals surface area contributed by atoms with Crippen molar-refractivity contribution in [1.82, 2.24) is 0 Å². The first-order valence-corrected chi connectivity index (χ1v) is 21.7. The summed E-state index contributed by atoms with van der Waals surface area (Å²) < 4.78 is 38.5. The van der Waals surface area contributed by atoms with Crippen LogP contribution in [0.5, 0.6) is 0 Å². The van der Waals surface area contributed by atoms with E-state index in [1.807, 2.05) is 0 Å². The van der Waals surface area contributed by atoms with Gasteiger partial charge in [0.25, 0.3) is 0 Å². The van der Waals surface area contributed by atoms with Gasteiger partial charge in [-0.3, -0.25) is 18.6 Å². The van der Waals surface area contributed by atoms with Crippen molar-refractivity contribution in [2.45, 2.75) is 173 Å². The maximum Gasteiger partial charge on any atom is 0.472 e. The lowest BCUT2D eigenvalue weighted by atomic mass is 10.1. The van der Waals surface area contributed by atoms with E-state index >= 15 is 0 Å². The number of phosphoric ester groups is 1. The van der Waals surface area contributed by atoms with E-state index in [0.29, 0.717) is 25.0 Å². The molecule has 1 saturated heterocycles. The Hall–Kier alpha value is -2.07. The number of esters is 2. The molecule has 3 unspecified atom stereocenters. The van der Waals surface area contributed by atoms with Crippen molar-refractivity contribution >= 4 is 19.8 Å². The van der Waals surface area contributed by atoms with Crippen molar-refractivity contribution in [3.05, 3.63) is 48.6 Å². The highest BCUT2D eigenvalue weighted by Crippen LogP contribution is 2.43. The number of epoxide rings is 1. The molecule has 1 aliphatic rings. The molecule has 1 heterocycles. The van der Waals surface area contributed by atoms with Gasteiger partial charge < -0.3 is 24.8 Å². The van der Waals surface area contributed by atoms with Crippen molar-refractivity contribution in [2.24, 2.45) is 5.73 Å². The molecule has 0 amide bonds. The fourth-order valence-electron chi connectivity index (χ4n) is 5.47. The van der Waals surface area contributed by atoms with E-state index in [2.05, 4.69) is 62.5 Å². The SMILES string of the molecule is CCCCC/C=C\C/C=C\C/C=C\CCCCC(=O)OC[C@H](COP(=O)(O)OCCN)OC(=O)CCCCCCCC1OC1C/C=C\CCCCC. The zero-order chi connectivity index (χ0) is 38.0. The Bertz CT molecular complexity index is 1060. The van der Waals surface area contributed by atoms with Crippen LogP contribution >= 0.6 is 7.82 Å². The Labute approximate surface area is 315 Å². The van der Waals surface area contributed by atoms with Crippen molar-refractivity contribution in [1.29, 1.82) is 0 Å². The number of hydrogen-bond donors (Lipinski definition) is 2. The average molecular weight is 754 g/mol. The summed E-state index contributed by atoms with van der Waals surface area (Å²) in [4.78, 5) is 34.8. The molecule has 0 radical (unpaired) electrons. The molecular formula is C41H72NO9P. The minimum absolute atomic E-state index is 0.0413. The number of rotatable bonds is 36. The first kappa shape index (κ1) is 48.0. The maximum atomic E-state index is 12.6. The number of phosphoric acid groups is 1. The fraction of sp³-hybridized carbons (Fsp3) is 0.756. The minimum Gasteiger partial charge on any atom is -0.462 e. The smallest absolute Gasteiger partial charge is 0.462 e. The molecule has 3 N–H and O–H groups in total. The number of allylic oxidation sites excluding steroid dienone is 7. The van der Waals surface area contributed by atoms with E-state index in [9.17, 15) is 19.0 Å². The second-order valence-electron chi connectivity index (χ2n) is 13.5. The fourth-order valence-corrected chi connectivity index (χ4v) is 6.23. The summed E-state index contributed by atoms with van der Waals surface area (Å²) in [7, 11) is -4.39. The Morgan fingerprint density at radius 2 is 1.25 bits per heavy atom. The van der Waals surface area contributed by atoms with Crippen LogP contribution in [0, 0.1) is 0 Å². The van der Waals surface area contributed by atoms with Crippen LogP contribution in [0.15, 0.2) is 48.6 Å². The molecule has 300 valence electrons. The van der Waals surface area contributed by atoms with Gasteiger partial charge in [-0.05, 0) is 77.0 Å². The topological polar surface area (TPSA) is 147 Å². The number of ether oxygens (including phenoxy) is 3. The van der Waals surface area contributed by atoms with Gasteiger partial charge in [-0.15, -0.1) is 0 Å². The monoisotopic (exact) mass is 753 g/mol. The van der Waals surface area contributed by atoms with Gasteiger partial charge in [-0.2, -0.15) is 0 Å². The van der Waals surface area contributed by atoms with E-state index in [1.165, 1.54) is 38.5 Å². The lowest BCUT2D eigenvalue weighted by Gasteiger charge is -2.19. The van der Waals surface area contributed by atoms with Crippen molar-refractivity contribution in [3.63, 3.8) is 0 Å². The third kappa shape index (κ3) is 30.4. The predicted molar refractivity (Wildman–Crippen MR) is 210 cm³/mol. The van der Waals surface area contributed by atoms with E-state index in [1.54, 1.807) is 0 Å². The van der Waals surface area contributed by atoms with Crippen molar-refractivity contribution < 1.29 is 42.3 Å². The quantitative estimate of drug-likeness (QED) is 0.0208. The molecule has 1 rings (SSSR count). The number of carbonyl (C=O) groups excluding carboxylic acids is 2. The number of nitrogens with two attached hydrogens (primary N) is 1. The Morgan fingerprint density at radius 1 is 0.692 bits per heavy atom. The zero-order valence-electron chi connectivity index (χ0n) is 32.5. The Kier molecular flexibility index (Phi) is 30.9. The third-order valence-corrected chi connectivity index (χ3v) is 9.60. The van der Waals surface area contributed by atoms with Crippen LogP contribution in [0.4, 0.5) is 0 Å². The van der Waals surface area contributed by atoms with E-state index in [-0.39, 0.29) is 32.6 Å². The minimum atomic E-state index is -4.39. The highest BCUT2D eigenvalue weighted by atomic mass is 31.2. The summed E-state index contributed by atoms with van der Waals surface area (Å²) in [5.74, 6) is -0.901. The van der Waals surface area contributed by atoms with Crippen molar-refractivity contribution in [2.75, 3.05) is 26.4 Å². The number of unbranched alkanes of at least 4 members (excludes halogenated alkanes) is 12. The maximum absolute atomic E-state index is 12.6. The van der Waals surface area contributed by atoms with Crippen molar-refractivity contribution in [3.8, 4) is 0 Å². The zero-order valence-corrected chi connectivity index (χ0v) is 33.4. The molecule has 0 aromatic heterocycles. The standard InChI is InChI=1S/C41H72NO9P/c1-3-5-7-9-11-12-13-14-15-16-17-18-19-23-27-31-40(43)47-35-37(36-49-52(45,46)48-34-33-42)50-41(44)32-28-24-20-22-26-30-39-38(51-39)29-25-21-10-8-6-4-2/h11-12,14-15,17-18,21,25,37-39H,3-10,13,16,19-20,22-24,26-36,42H2,1-2H3,(H,45,46)/b12-11-,15-14-,18-17-,25-21-/t37-,38?,39?/m1/s1. The van der Waals surface area contributed by atoms with Gasteiger partial charge in [0.05, 0.1) is 25.4 Å². The van der Waals surface area contributed by atoms with Crippen LogP contribution in [0.2, 0.25) is 0 Å². The van der Waals surface area contributed by atoms with Gasteiger partial charge in [0.15, 0.2) is 6.10 Å². The number of carbonyl (C=O) groups is 2. The Morgan fingerprint density at radius 3 is 1.90 bits per heavy atom. The summed E-state index contributed by atoms with van der Waals surface area (Å²) in [5, 5.41) is 0. The molecule has 1 fully saturated rings. The van der Waals surface area contributed by atoms with Crippen LogP contribution in [-0.4, -0.2) is 61.5 Å². The molecule has 0 bridgehead atoms. The van der Waals surface area contributed by atoms with Crippen LogP contribution in [0.25, 0.3) is 0 Å². The number of hydrogen-bond acceptors (Lipinski definition) is 9. The van der Waals surface area contributed by atoms with E-state index < -0.39 is 32.5 Å². The first-order valence-electron chi connectivity index (χ1n) is 20.2. The molecule has 11 heteroatoms. The molecular weight excluding hydrogens is 681 g/mol. The van der Waals surface area contributed by atoms with Gasteiger partial charge in [0.1, 0.15) is 6.61 Å². The predicted octanol–water partition coefficient (Wildman–Crippen LogP) is 10.1. The normalized spacial score (nSPS) is 17.8. The van der Waals surface area contributed by atoms with Crippen LogP contribution in [0.1, 0.15) is 155 Å². The van der Waals surface area contributed by atoms with Gasteiger partial charge in [-0.1, -0.05) is 114 Å². The highest BCUT2D eigenvalue weighted by molar-refractivity contribution is 7.47. The molecule has 0 saturated carbocycles. The second-order valence-corrected chi connectivity index (χ2v) is 15.0. The molecule has 0 aromatic carbocycles. The first-order chi connectivity index (χ1) is 25.3. The molecule has 0 spiro atoms. The Balaban J connectivity index is 2.25. The molecule has 52 heavy (non-hydrogen) atoms. The van der Waals surface area contributed by atoms with Crippen LogP contribution in [-0.2, 0) is 37.4 Å². The van der Waals surface area contributed by atoms with Crippen LogP contribution < -0.4 is 5.73 Å². The highest BCUT2D eigenvalue weighted by Gasteiger charge is 2.36. The largest absolute Gasteiger partial charge is 0.472 e. The molecule has 0 aromatic rings. The summed E-state index contributed by atoms with van der Waals surface area (Å²) in [6, 6.07) is 0. The van der Waals surface area contributed by atoms with Gasteiger partial charge in [0.2, 0.25) is 0 Å². The van der Waals surface area contributed by atoms with Gasteiger partial charge in [0, 0.05) is 19.4 Å². The average Bonchev–Trinajstić information content (AvgIpc) is 3.89. The molecule has 4 atom stereocenters. The summed E-state index contributed by atoms with van der Waals surface area (Å²) in [5.41, 5.74) is 5.34. The second kappa shape index (κ2) is 33.5. The molecule has 1 aliphatic heterocycles. The van der Waals surface area contributed by atoms with Gasteiger partial charge in [-0.25, -0.2) is 4.57 Å². The lowest BCUT2D eigenvalue weighted by Crippen LogP contribution is -2.29. The molecule has 10 nitrogen and oxygen atoms in total. The van der Waals surface area contributed by atoms with Crippen LogP contribution in [0.3, 0.4) is 0 Å². The molecule has 0 aliphatic carbocycles. The summed E-state index contributed by atoms with van der Waals surface area (Å²) in [6.07, 6.45) is 38.7. The third-order valence-electron chi connectivity index (χ3n) is 8.61. The van der Waals surface area contributed by atoms with E-state index in [0.717, 1.165) is 77.0 Å².